The van der Waals surface area contributed by atoms with Gasteiger partial charge in [-0.15, -0.1) is 12.4 Å². The average Bonchev–Trinajstić information content (AvgIpc) is 3.28. The second-order valence-electron chi connectivity index (χ2n) is 6.71. The maximum atomic E-state index is 12.9. The standard InChI is InChI=1S/C17H21F3N2O.ClH/c1-11-9-14(5-8-21-11)22-15(23)16(6-7-16)12-3-2-4-13(10-12)17(18,19)20;/h2-4,10-11,14,21H,5-9H2,1H3,(H,22,23);1H. The maximum absolute atomic E-state index is 12.9. The van der Waals surface area contributed by atoms with Crippen LogP contribution in [0.1, 0.15) is 43.7 Å². The van der Waals surface area contributed by atoms with Crippen LogP contribution in [0.2, 0.25) is 0 Å². The van der Waals surface area contributed by atoms with Crippen molar-refractivity contribution in [1.29, 1.82) is 0 Å². The Kier molecular flexibility index (Phi) is 5.50. The highest BCUT2D eigenvalue weighted by atomic mass is 35.5. The molecule has 134 valence electrons. The summed E-state index contributed by atoms with van der Waals surface area (Å²) in [5, 5.41) is 6.37. The lowest BCUT2D eigenvalue weighted by Crippen LogP contribution is -2.49. The first-order valence-corrected chi connectivity index (χ1v) is 8.03. The fourth-order valence-electron chi connectivity index (χ4n) is 3.35. The Bertz CT molecular complexity index is 602. The lowest BCUT2D eigenvalue weighted by atomic mass is 9.92. The quantitative estimate of drug-likeness (QED) is 0.865. The SMILES string of the molecule is CC1CC(NC(=O)C2(c3cccc(C(F)(F)F)c3)CC2)CCN1.Cl. The Morgan fingerprint density at radius 2 is 2.04 bits per heavy atom. The van der Waals surface area contributed by atoms with Crippen molar-refractivity contribution in [2.24, 2.45) is 0 Å². The number of piperidine rings is 1. The smallest absolute Gasteiger partial charge is 0.352 e. The minimum absolute atomic E-state index is 0. The fraction of sp³-hybridized carbons (Fsp3) is 0.588. The molecule has 1 aromatic rings. The zero-order chi connectivity index (χ0) is 16.7. The molecule has 2 N–H and O–H groups in total. The van der Waals surface area contributed by atoms with E-state index in [4.69, 9.17) is 0 Å². The summed E-state index contributed by atoms with van der Waals surface area (Å²) >= 11 is 0. The molecule has 1 amide bonds. The van der Waals surface area contributed by atoms with Crippen molar-refractivity contribution in [3.63, 3.8) is 0 Å². The van der Waals surface area contributed by atoms with Crippen LogP contribution in [0, 0.1) is 0 Å². The number of halogens is 4. The van der Waals surface area contributed by atoms with Gasteiger partial charge >= 0.3 is 6.18 Å². The topological polar surface area (TPSA) is 41.1 Å². The van der Waals surface area contributed by atoms with Crippen LogP contribution in [0.5, 0.6) is 0 Å². The predicted octanol–water partition coefficient (Wildman–Crippen LogP) is 3.42. The van der Waals surface area contributed by atoms with E-state index in [9.17, 15) is 18.0 Å². The molecular formula is C17H22ClF3N2O. The summed E-state index contributed by atoms with van der Waals surface area (Å²) in [6.45, 7) is 2.92. The third kappa shape index (κ3) is 3.86. The maximum Gasteiger partial charge on any atom is 0.416 e. The fourth-order valence-corrected chi connectivity index (χ4v) is 3.35. The van der Waals surface area contributed by atoms with Gasteiger partial charge in [-0.1, -0.05) is 18.2 Å². The molecule has 1 saturated carbocycles. The Labute approximate surface area is 145 Å². The highest BCUT2D eigenvalue weighted by Gasteiger charge is 2.52. The molecule has 24 heavy (non-hydrogen) atoms. The molecular weight excluding hydrogens is 341 g/mol. The van der Waals surface area contributed by atoms with E-state index in [1.54, 1.807) is 6.07 Å². The van der Waals surface area contributed by atoms with E-state index >= 15 is 0 Å². The molecule has 2 aliphatic rings. The minimum Gasteiger partial charge on any atom is -0.352 e. The summed E-state index contributed by atoms with van der Waals surface area (Å²) in [5.74, 6) is -0.129. The molecule has 0 aromatic heterocycles. The Balaban J connectivity index is 0.00000208. The van der Waals surface area contributed by atoms with Crippen molar-refractivity contribution >= 4 is 18.3 Å². The zero-order valence-corrected chi connectivity index (χ0v) is 14.3. The van der Waals surface area contributed by atoms with Crippen molar-refractivity contribution in [3.05, 3.63) is 35.4 Å². The van der Waals surface area contributed by atoms with Crippen LogP contribution in [0.4, 0.5) is 13.2 Å². The average molecular weight is 363 g/mol. The lowest BCUT2D eigenvalue weighted by molar-refractivity contribution is -0.137. The summed E-state index contributed by atoms with van der Waals surface area (Å²) in [6.07, 6.45) is -1.45. The number of carbonyl (C=O) groups is 1. The molecule has 1 aliphatic heterocycles. The Morgan fingerprint density at radius 3 is 2.62 bits per heavy atom. The number of nitrogens with one attached hydrogen (secondary N) is 2. The van der Waals surface area contributed by atoms with Crippen molar-refractivity contribution in [3.8, 4) is 0 Å². The molecule has 2 fully saturated rings. The molecule has 1 aliphatic carbocycles. The third-order valence-electron chi connectivity index (χ3n) is 4.89. The van der Waals surface area contributed by atoms with Crippen LogP contribution in [0.3, 0.4) is 0 Å². The molecule has 3 rings (SSSR count). The van der Waals surface area contributed by atoms with Gasteiger partial charge in [-0.05, 0) is 50.8 Å². The second kappa shape index (κ2) is 6.92. The third-order valence-corrected chi connectivity index (χ3v) is 4.89. The molecule has 0 bridgehead atoms. The van der Waals surface area contributed by atoms with E-state index in [-0.39, 0.29) is 24.4 Å². The Morgan fingerprint density at radius 1 is 1.33 bits per heavy atom. The monoisotopic (exact) mass is 362 g/mol. The van der Waals surface area contributed by atoms with Crippen molar-refractivity contribution in [2.45, 2.75) is 56.3 Å². The molecule has 7 heteroatoms. The van der Waals surface area contributed by atoms with Gasteiger partial charge in [0.05, 0.1) is 11.0 Å². The second-order valence-corrected chi connectivity index (χ2v) is 6.71. The molecule has 1 heterocycles. The molecule has 2 atom stereocenters. The number of benzene rings is 1. The van der Waals surface area contributed by atoms with Gasteiger partial charge in [0.1, 0.15) is 0 Å². The lowest BCUT2D eigenvalue weighted by Gasteiger charge is -2.30. The van der Waals surface area contributed by atoms with E-state index in [1.807, 2.05) is 0 Å². The number of alkyl halides is 3. The highest BCUT2D eigenvalue weighted by molar-refractivity contribution is 5.91. The number of amides is 1. The van der Waals surface area contributed by atoms with Gasteiger partial charge in [0.2, 0.25) is 5.91 Å². The summed E-state index contributed by atoms with van der Waals surface area (Å²) in [7, 11) is 0. The van der Waals surface area contributed by atoms with E-state index in [1.165, 1.54) is 6.07 Å². The van der Waals surface area contributed by atoms with Crippen LogP contribution in [-0.2, 0) is 16.4 Å². The normalized spacial score (nSPS) is 25.5. The van der Waals surface area contributed by atoms with Gasteiger partial charge < -0.3 is 10.6 Å². The first kappa shape index (κ1) is 19.1. The summed E-state index contributed by atoms with van der Waals surface area (Å²) in [6, 6.07) is 5.63. The predicted molar refractivity (Wildman–Crippen MR) is 88.2 cm³/mol. The van der Waals surface area contributed by atoms with Gasteiger partial charge in [0.15, 0.2) is 0 Å². The van der Waals surface area contributed by atoms with Crippen molar-refractivity contribution < 1.29 is 18.0 Å². The van der Waals surface area contributed by atoms with Gasteiger partial charge in [0.25, 0.3) is 0 Å². The number of rotatable bonds is 3. The van der Waals surface area contributed by atoms with Crippen molar-refractivity contribution in [2.75, 3.05) is 6.54 Å². The minimum atomic E-state index is -4.38. The van der Waals surface area contributed by atoms with E-state index in [0.717, 1.165) is 31.5 Å². The molecule has 1 aromatic carbocycles. The Hall–Kier alpha value is -1.27. The van der Waals surface area contributed by atoms with Crippen LogP contribution in [0.25, 0.3) is 0 Å². The molecule has 0 spiro atoms. The molecule has 0 radical (unpaired) electrons. The van der Waals surface area contributed by atoms with E-state index in [2.05, 4.69) is 17.6 Å². The largest absolute Gasteiger partial charge is 0.416 e. The zero-order valence-electron chi connectivity index (χ0n) is 13.5. The van der Waals surface area contributed by atoms with Crippen LogP contribution >= 0.6 is 12.4 Å². The summed E-state index contributed by atoms with van der Waals surface area (Å²) < 4.78 is 38.7. The number of hydrogen-bond donors (Lipinski definition) is 2. The number of carbonyl (C=O) groups excluding carboxylic acids is 1. The molecule has 2 unspecified atom stereocenters. The van der Waals surface area contributed by atoms with Gasteiger partial charge in [-0.2, -0.15) is 13.2 Å². The van der Waals surface area contributed by atoms with Crippen LogP contribution in [0.15, 0.2) is 24.3 Å². The van der Waals surface area contributed by atoms with E-state index in [0.29, 0.717) is 24.4 Å². The van der Waals surface area contributed by atoms with Gasteiger partial charge in [0, 0.05) is 12.1 Å². The number of hydrogen-bond acceptors (Lipinski definition) is 2. The van der Waals surface area contributed by atoms with Gasteiger partial charge in [-0.3, -0.25) is 4.79 Å². The summed E-state index contributed by atoms with van der Waals surface area (Å²) in [5.41, 5.74) is -0.980. The summed E-state index contributed by atoms with van der Waals surface area (Å²) in [4.78, 5) is 12.7. The van der Waals surface area contributed by atoms with Crippen LogP contribution < -0.4 is 10.6 Å². The van der Waals surface area contributed by atoms with Gasteiger partial charge in [-0.25, -0.2) is 0 Å². The highest BCUT2D eigenvalue weighted by Crippen LogP contribution is 2.49. The molecule has 3 nitrogen and oxygen atoms in total. The first-order valence-electron chi connectivity index (χ1n) is 8.03. The van der Waals surface area contributed by atoms with Crippen molar-refractivity contribution in [1.82, 2.24) is 10.6 Å². The van der Waals surface area contributed by atoms with E-state index < -0.39 is 17.2 Å². The van der Waals surface area contributed by atoms with Crippen LogP contribution in [-0.4, -0.2) is 24.5 Å². The molecule has 1 saturated heterocycles. The first-order chi connectivity index (χ1) is 10.8.